The highest BCUT2D eigenvalue weighted by Gasteiger charge is 2.15. The molecular formula is C14H14N4O2S2. The van der Waals surface area contributed by atoms with Crippen LogP contribution in [0.2, 0.25) is 0 Å². The minimum absolute atomic E-state index is 0.318. The summed E-state index contributed by atoms with van der Waals surface area (Å²) in [6.45, 7) is 3.94. The summed E-state index contributed by atoms with van der Waals surface area (Å²) in [6, 6.07) is 5.80. The van der Waals surface area contributed by atoms with Crippen LogP contribution in [-0.2, 0) is 4.74 Å². The molecule has 3 aromatic heterocycles. The summed E-state index contributed by atoms with van der Waals surface area (Å²) >= 11 is 3.11. The topological polar surface area (TPSA) is 69.0 Å². The van der Waals surface area contributed by atoms with E-state index < -0.39 is 6.09 Å². The lowest BCUT2D eigenvalue weighted by molar-refractivity contribution is 0.167. The summed E-state index contributed by atoms with van der Waals surface area (Å²) in [6.07, 6.45) is -0.501. The van der Waals surface area contributed by atoms with Crippen LogP contribution in [0, 0.1) is 6.92 Å². The number of thiophene rings is 1. The van der Waals surface area contributed by atoms with Crippen molar-refractivity contribution in [1.82, 2.24) is 14.8 Å². The predicted octanol–water partition coefficient (Wildman–Crippen LogP) is 3.93. The number of rotatable bonds is 4. The second-order valence-corrected chi connectivity index (χ2v) is 6.21. The third-order valence-electron chi connectivity index (χ3n) is 2.78. The molecule has 0 spiro atoms. The quantitative estimate of drug-likeness (QED) is 0.785. The molecule has 3 aromatic rings. The van der Waals surface area contributed by atoms with Gasteiger partial charge in [0.25, 0.3) is 0 Å². The van der Waals surface area contributed by atoms with Gasteiger partial charge in [0.1, 0.15) is 5.82 Å². The van der Waals surface area contributed by atoms with Gasteiger partial charge in [-0.15, -0.1) is 22.7 Å². The Bertz CT molecular complexity index is 777. The first-order chi connectivity index (χ1) is 10.7. The fourth-order valence-corrected chi connectivity index (χ4v) is 3.45. The second kappa shape index (κ2) is 6.29. The molecule has 0 aliphatic carbocycles. The Balaban J connectivity index is 1.90. The van der Waals surface area contributed by atoms with E-state index in [9.17, 15) is 4.79 Å². The van der Waals surface area contributed by atoms with E-state index in [-0.39, 0.29) is 0 Å². The SMILES string of the molecule is CCOC(=O)Nc1cc(C)nn1-c1nc(-c2cccs2)cs1. The molecule has 0 radical (unpaired) electrons. The normalized spacial score (nSPS) is 10.6. The van der Waals surface area contributed by atoms with Crippen molar-refractivity contribution < 1.29 is 9.53 Å². The Labute approximate surface area is 135 Å². The monoisotopic (exact) mass is 334 g/mol. The molecular weight excluding hydrogens is 320 g/mol. The predicted molar refractivity (Wildman–Crippen MR) is 87.9 cm³/mol. The van der Waals surface area contributed by atoms with Crippen molar-refractivity contribution in [1.29, 1.82) is 0 Å². The molecule has 0 fully saturated rings. The maximum atomic E-state index is 11.6. The van der Waals surface area contributed by atoms with E-state index in [1.807, 2.05) is 29.8 Å². The average molecular weight is 334 g/mol. The Morgan fingerprint density at radius 2 is 2.32 bits per heavy atom. The number of hydrogen-bond donors (Lipinski definition) is 1. The minimum Gasteiger partial charge on any atom is -0.450 e. The second-order valence-electron chi connectivity index (χ2n) is 4.42. The summed E-state index contributed by atoms with van der Waals surface area (Å²) < 4.78 is 6.52. The molecule has 0 aliphatic rings. The number of aryl methyl sites for hydroxylation is 1. The highest BCUT2D eigenvalue weighted by atomic mass is 32.1. The maximum absolute atomic E-state index is 11.6. The van der Waals surface area contributed by atoms with Gasteiger partial charge in [-0.3, -0.25) is 5.32 Å². The number of amides is 1. The van der Waals surface area contributed by atoms with Crippen molar-refractivity contribution in [2.24, 2.45) is 0 Å². The summed E-state index contributed by atoms with van der Waals surface area (Å²) in [5.41, 5.74) is 1.70. The molecule has 1 amide bonds. The van der Waals surface area contributed by atoms with Gasteiger partial charge in [-0.05, 0) is 25.3 Å². The number of anilines is 1. The van der Waals surface area contributed by atoms with Crippen LogP contribution in [0.3, 0.4) is 0 Å². The first kappa shape index (κ1) is 14.7. The molecule has 0 atom stereocenters. The van der Waals surface area contributed by atoms with Crippen LogP contribution in [-0.4, -0.2) is 27.5 Å². The fraction of sp³-hybridized carbons (Fsp3) is 0.214. The van der Waals surface area contributed by atoms with Gasteiger partial charge in [0, 0.05) is 11.4 Å². The molecule has 6 nitrogen and oxygen atoms in total. The van der Waals surface area contributed by atoms with Crippen molar-refractivity contribution in [2.45, 2.75) is 13.8 Å². The van der Waals surface area contributed by atoms with Gasteiger partial charge >= 0.3 is 6.09 Å². The van der Waals surface area contributed by atoms with E-state index in [1.54, 1.807) is 29.0 Å². The standard InChI is InChI=1S/C14H14N4O2S2/c1-3-20-14(19)16-12-7-9(2)17-18(12)13-15-10(8-22-13)11-5-4-6-21-11/h4-8H,3H2,1-2H3,(H,16,19). The van der Waals surface area contributed by atoms with Crippen LogP contribution in [0.25, 0.3) is 15.7 Å². The Hall–Kier alpha value is -2.19. The molecule has 0 unspecified atom stereocenters. The van der Waals surface area contributed by atoms with E-state index in [1.165, 1.54) is 11.3 Å². The van der Waals surface area contributed by atoms with Crippen molar-refractivity contribution in [3.8, 4) is 15.7 Å². The fourth-order valence-electron chi connectivity index (χ4n) is 1.91. The lowest BCUT2D eigenvalue weighted by atomic mass is 10.4. The minimum atomic E-state index is -0.501. The van der Waals surface area contributed by atoms with Crippen LogP contribution in [0.1, 0.15) is 12.6 Å². The zero-order valence-corrected chi connectivity index (χ0v) is 13.7. The average Bonchev–Trinajstić information content (AvgIpc) is 3.18. The van der Waals surface area contributed by atoms with Crippen molar-refractivity contribution in [3.63, 3.8) is 0 Å². The summed E-state index contributed by atoms with van der Waals surface area (Å²) in [5, 5.41) is 11.8. The van der Waals surface area contributed by atoms with Crippen molar-refractivity contribution >= 4 is 34.6 Å². The number of thiazole rings is 1. The molecule has 0 aliphatic heterocycles. The number of aromatic nitrogens is 3. The Morgan fingerprint density at radius 3 is 3.05 bits per heavy atom. The van der Waals surface area contributed by atoms with Crippen LogP contribution in [0.15, 0.2) is 29.0 Å². The number of ether oxygens (including phenoxy) is 1. The molecule has 0 bridgehead atoms. The highest BCUT2D eigenvalue weighted by Crippen LogP contribution is 2.29. The van der Waals surface area contributed by atoms with Gasteiger partial charge in [-0.2, -0.15) is 9.78 Å². The third-order valence-corrected chi connectivity index (χ3v) is 4.49. The number of carbonyl (C=O) groups excluding carboxylic acids is 1. The molecule has 22 heavy (non-hydrogen) atoms. The summed E-state index contributed by atoms with van der Waals surface area (Å²) in [5.74, 6) is 0.544. The zero-order valence-electron chi connectivity index (χ0n) is 12.1. The molecule has 0 saturated carbocycles. The molecule has 3 rings (SSSR count). The van der Waals surface area contributed by atoms with Gasteiger partial charge in [0.15, 0.2) is 0 Å². The van der Waals surface area contributed by atoms with Gasteiger partial charge in [-0.25, -0.2) is 9.78 Å². The molecule has 3 heterocycles. The van der Waals surface area contributed by atoms with Gasteiger partial charge in [-0.1, -0.05) is 6.07 Å². The van der Waals surface area contributed by atoms with Crippen molar-refractivity contribution in [2.75, 3.05) is 11.9 Å². The van der Waals surface area contributed by atoms with E-state index >= 15 is 0 Å². The zero-order chi connectivity index (χ0) is 15.5. The molecule has 114 valence electrons. The molecule has 0 aromatic carbocycles. The van der Waals surface area contributed by atoms with Gasteiger partial charge < -0.3 is 4.74 Å². The van der Waals surface area contributed by atoms with Crippen molar-refractivity contribution in [3.05, 3.63) is 34.7 Å². The van der Waals surface area contributed by atoms with Crippen LogP contribution in [0.4, 0.5) is 10.6 Å². The third kappa shape index (κ3) is 3.02. The Kier molecular flexibility index (Phi) is 4.21. The smallest absolute Gasteiger partial charge is 0.412 e. The first-order valence-corrected chi connectivity index (χ1v) is 8.43. The van der Waals surface area contributed by atoms with Crippen LogP contribution < -0.4 is 5.32 Å². The highest BCUT2D eigenvalue weighted by molar-refractivity contribution is 7.15. The summed E-state index contributed by atoms with van der Waals surface area (Å²) in [7, 11) is 0. The number of carbonyl (C=O) groups is 1. The molecule has 0 saturated heterocycles. The lowest BCUT2D eigenvalue weighted by Gasteiger charge is -2.05. The van der Waals surface area contributed by atoms with E-state index in [2.05, 4.69) is 15.4 Å². The van der Waals surface area contributed by atoms with Crippen LogP contribution in [0.5, 0.6) is 0 Å². The Morgan fingerprint density at radius 1 is 1.45 bits per heavy atom. The maximum Gasteiger partial charge on any atom is 0.412 e. The summed E-state index contributed by atoms with van der Waals surface area (Å²) in [4.78, 5) is 17.3. The molecule has 1 N–H and O–H groups in total. The first-order valence-electron chi connectivity index (χ1n) is 6.67. The molecule has 8 heteroatoms. The van der Waals surface area contributed by atoms with Gasteiger partial charge in [0.05, 0.1) is 22.9 Å². The van der Waals surface area contributed by atoms with E-state index in [0.717, 1.165) is 16.3 Å². The van der Waals surface area contributed by atoms with E-state index in [0.29, 0.717) is 17.6 Å². The number of hydrogen-bond acceptors (Lipinski definition) is 6. The van der Waals surface area contributed by atoms with Crippen LogP contribution >= 0.6 is 22.7 Å². The number of nitrogens with one attached hydrogen (secondary N) is 1. The van der Waals surface area contributed by atoms with Gasteiger partial charge in [0.2, 0.25) is 5.13 Å². The number of nitrogens with zero attached hydrogens (tertiary/aromatic N) is 3. The van der Waals surface area contributed by atoms with E-state index in [4.69, 9.17) is 4.74 Å². The lowest BCUT2D eigenvalue weighted by Crippen LogP contribution is -2.16. The largest absolute Gasteiger partial charge is 0.450 e.